The minimum absolute atomic E-state index is 0.0574. The van der Waals surface area contributed by atoms with Crippen molar-refractivity contribution in [1.29, 1.82) is 0 Å². The monoisotopic (exact) mass is 444 g/mol. The number of carbonyl (C=O) groups excluding carboxylic acids is 1. The third kappa shape index (κ3) is 13.7. The molecule has 1 atom stereocenters. The minimum atomic E-state index is -0.0621. The zero-order valence-corrected chi connectivity index (χ0v) is 21.9. The molecule has 4 heteroatoms. The van der Waals surface area contributed by atoms with Crippen molar-refractivity contribution in [2.24, 2.45) is 5.92 Å². The van der Waals surface area contributed by atoms with Crippen LogP contribution in [0, 0.1) is 5.92 Å². The van der Waals surface area contributed by atoms with Gasteiger partial charge in [-0.3, -0.25) is 9.69 Å². The fraction of sp³-hybridized carbons (Fsp3) is 0.679. The Morgan fingerprint density at radius 1 is 0.812 bits per heavy atom. The van der Waals surface area contributed by atoms with E-state index in [2.05, 4.69) is 82.6 Å². The Kier molecular flexibility index (Phi) is 14.2. The van der Waals surface area contributed by atoms with Gasteiger partial charge in [0.05, 0.1) is 5.92 Å². The van der Waals surface area contributed by atoms with Gasteiger partial charge < -0.3 is 9.64 Å². The Morgan fingerprint density at radius 3 is 2.00 bits per heavy atom. The van der Waals surface area contributed by atoms with Crippen LogP contribution in [0.25, 0.3) is 0 Å². The number of rotatable bonds is 13. The van der Waals surface area contributed by atoms with Crippen LogP contribution in [0.1, 0.15) is 74.1 Å². The Bertz CT molecular complexity index is 668. The molecule has 1 rings (SSSR count). The second kappa shape index (κ2) is 16.0. The molecular weight excluding hydrogens is 396 g/mol. The van der Waals surface area contributed by atoms with Crippen LogP contribution in [0.4, 0.5) is 0 Å². The molecule has 0 spiro atoms. The quantitative estimate of drug-likeness (QED) is 0.251. The molecule has 1 fully saturated rings. The molecule has 1 saturated heterocycles. The normalized spacial score (nSPS) is 16.3. The van der Waals surface area contributed by atoms with Crippen LogP contribution in [-0.2, 0) is 9.53 Å². The van der Waals surface area contributed by atoms with E-state index in [1.54, 1.807) is 0 Å². The molecule has 1 heterocycles. The second-order valence-corrected chi connectivity index (χ2v) is 9.93. The van der Waals surface area contributed by atoms with E-state index in [1.165, 1.54) is 22.3 Å². The van der Waals surface area contributed by atoms with Gasteiger partial charge in [-0.25, -0.2) is 0 Å². The largest absolute Gasteiger partial charge is 0.461 e. The van der Waals surface area contributed by atoms with Crippen LogP contribution >= 0.6 is 0 Å². The number of hydrogen-bond acceptors (Lipinski definition) is 4. The lowest BCUT2D eigenvalue weighted by Gasteiger charge is -2.34. The number of piperazine rings is 1. The van der Waals surface area contributed by atoms with E-state index in [-0.39, 0.29) is 11.9 Å². The van der Waals surface area contributed by atoms with Crippen LogP contribution in [0.2, 0.25) is 0 Å². The summed E-state index contributed by atoms with van der Waals surface area (Å²) in [4.78, 5) is 17.8. The number of hydrogen-bond donors (Lipinski definition) is 0. The molecule has 0 aromatic carbocycles. The number of ether oxygens (including phenoxy) is 1. The highest BCUT2D eigenvalue weighted by Crippen LogP contribution is 2.16. The third-order valence-electron chi connectivity index (χ3n) is 5.91. The lowest BCUT2D eigenvalue weighted by atomic mass is 9.99. The highest BCUT2D eigenvalue weighted by atomic mass is 16.5. The number of allylic oxidation sites excluding steroid dienone is 6. The molecule has 0 amide bonds. The number of carbonyl (C=O) groups is 1. The maximum Gasteiger partial charge on any atom is 0.309 e. The van der Waals surface area contributed by atoms with Crippen molar-refractivity contribution < 1.29 is 9.53 Å². The van der Waals surface area contributed by atoms with Gasteiger partial charge in [-0.2, -0.15) is 0 Å². The van der Waals surface area contributed by atoms with Gasteiger partial charge in [-0.15, -0.1) is 0 Å². The molecule has 0 aliphatic carbocycles. The molecule has 1 unspecified atom stereocenters. The van der Waals surface area contributed by atoms with E-state index in [9.17, 15) is 4.79 Å². The summed E-state index contributed by atoms with van der Waals surface area (Å²) < 4.78 is 5.65. The first-order valence-electron chi connectivity index (χ1n) is 12.3. The predicted octanol–water partition coefficient (Wildman–Crippen LogP) is 6.17. The highest BCUT2D eigenvalue weighted by molar-refractivity contribution is 5.72. The maximum atomic E-state index is 12.8. The van der Waals surface area contributed by atoms with Crippen LogP contribution in [0.3, 0.4) is 0 Å². The maximum absolute atomic E-state index is 12.8. The first kappa shape index (κ1) is 28.4. The van der Waals surface area contributed by atoms with Gasteiger partial charge in [0.1, 0.15) is 6.61 Å². The number of nitrogens with zero attached hydrogens (tertiary/aromatic N) is 2. The van der Waals surface area contributed by atoms with E-state index >= 15 is 0 Å². The molecule has 1 aliphatic heterocycles. The predicted molar refractivity (Wildman–Crippen MR) is 138 cm³/mol. The lowest BCUT2D eigenvalue weighted by molar-refractivity contribution is -0.147. The van der Waals surface area contributed by atoms with Crippen molar-refractivity contribution in [2.45, 2.75) is 74.1 Å². The molecule has 0 aromatic heterocycles. The Labute approximate surface area is 198 Å². The van der Waals surface area contributed by atoms with Crippen molar-refractivity contribution in [3.05, 3.63) is 46.6 Å². The first-order valence-corrected chi connectivity index (χ1v) is 12.3. The molecule has 0 saturated carbocycles. The second-order valence-electron chi connectivity index (χ2n) is 9.93. The van der Waals surface area contributed by atoms with Crippen molar-refractivity contribution in [2.75, 3.05) is 45.9 Å². The third-order valence-corrected chi connectivity index (χ3v) is 5.91. The van der Waals surface area contributed by atoms with Crippen molar-refractivity contribution in [3.63, 3.8) is 0 Å². The smallest absolute Gasteiger partial charge is 0.309 e. The fourth-order valence-electron chi connectivity index (χ4n) is 3.63. The average molecular weight is 445 g/mol. The van der Waals surface area contributed by atoms with Gasteiger partial charge in [0, 0.05) is 32.7 Å². The summed E-state index contributed by atoms with van der Waals surface area (Å²) in [5.74, 6) is -0.119. The molecule has 1 aliphatic rings. The Balaban J connectivity index is 2.48. The Morgan fingerprint density at radius 2 is 1.41 bits per heavy atom. The van der Waals surface area contributed by atoms with Gasteiger partial charge in [-0.05, 0) is 86.8 Å². The van der Waals surface area contributed by atoms with Crippen LogP contribution in [0.5, 0.6) is 0 Å². The summed E-state index contributed by atoms with van der Waals surface area (Å²) in [6, 6.07) is 0. The minimum Gasteiger partial charge on any atom is -0.461 e. The summed E-state index contributed by atoms with van der Waals surface area (Å²) in [5, 5.41) is 0. The van der Waals surface area contributed by atoms with Gasteiger partial charge in [-0.1, -0.05) is 40.5 Å². The molecule has 0 radical (unpaired) electrons. The van der Waals surface area contributed by atoms with Gasteiger partial charge in [0.2, 0.25) is 0 Å². The standard InChI is InChI=1S/C28H48N2O2/c1-23(2)9-8-10-26(7)15-22-32-28(31)27(12-11-24(3)4)14-17-30-20-18-29(19-21-30)16-13-25(5)6/h9,11,13,15,27H,8,10,12,14,16-22H2,1-7H3. The number of esters is 1. The van der Waals surface area contributed by atoms with E-state index in [4.69, 9.17) is 4.74 Å². The Hall–Kier alpha value is -1.65. The van der Waals surface area contributed by atoms with Crippen LogP contribution in [0.15, 0.2) is 46.6 Å². The van der Waals surface area contributed by atoms with E-state index < -0.39 is 0 Å². The van der Waals surface area contributed by atoms with Gasteiger partial charge in [0.15, 0.2) is 0 Å². The van der Waals surface area contributed by atoms with E-state index in [0.29, 0.717) is 6.61 Å². The molecule has 182 valence electrons. The molecule has 0 bridgehead atoms. The highest BCUT2D eigenvalue weighted by Gasteiger charge is 2.22. The summed E-state index contributed by atoms with van der Waals surface area (Å²) in [6.07, 6.45) is 12.5. The van der Waals surface area contributed by atoms with Crippen LogP contribution < -0.4 is 0 Å². The molecule has 32 heavy (non-hydrogen) atoms. The summed E-state index contributed by atoms with van der Waals surface area (Å²) in [7, 11) is 0. The molecule has 4 nitrogen and oxygen atoms in total. The topological polar surface area (TPSA) is 32.8 Å². The summed E-state index contributed by atoms with van der Waals surface area (Å²) >= 11 is 0. The molecule has 0 N–H and O–H groups in total. The van der Waals surface area contributed by atoms with Gasteiger partial charge >= 0.3 is 5.97 Å². The fourth-order valence-corrected chi connectivity index (χ4v) is 3.63. The first-order chi connectivity index (χ1) is 15.2. The zero-order valence-electron chi connectivity index (χ0n) is 21.9. The zero-order chi connectivity index (χ0) is 23.9. The van der Waals surface area contributed by atoms with Gasteiger partial charge in [0.25, 0.3) is 0 Å². The van der Waals surface area contributed by atoms with Crippen molar-refractivity contribution in [3.8, 4) is 0 Å². The summed E-state index contributed by atoms with van der Waals surface area (Å²) in [5.41, 5.74) is 5.26. The van der Waals surface area contributed by atoms with E-state index in [0.717, 1.165) is 65.0 Å². The SMILES string of the molecule is CC(C)=CCCC(C)=CCOC(=O)C(CC=C(C)C)CCN1CCN(CC=C(C)C)CC1. The summed E-state index contributed by atoms with van der Waals surface area (Å²) in [6.45, 7) is 21.6. The average Bonchev–Trinajstić information content (AvgIpc) is 2.72. The van der Waals surface area contributed by atoms with E-state index in [1.807, 2.05) is 0 Å². The van der Waals surface area contributed by atoms with Crippen molar-refractivity contribution in [1.82, 2.24) is 9.80 Å². The molecular formula is C28H48N2O2. The van der Waals surface area contributed by atoms with Crippen LogP contribution in [-0.4, -0.2) is 61.6 Å². The van der Waals surface area contributed by atoms with Crippen molar-refractivity contribution >= 4 is 5.97 Å². The molecule has 0 aromatic rings. The lowest BCUT2D eigenvalue weighted by Crippen LogP contribution is -2.46.